The number of ether oxygens (including phenoxy) is 1. The lowest BCUT2D eigenvalue weighted by Crippen LogP contribution is -2.52. The smallest absolute Gasteiger partial charge is 0.193 e. The van der Waals surface area contributed by atoms with E-state index in [4.69, 9.17) is 4.74 Å². The van der Waals surface area contributed by atoms with Crippen molar-refractivity contribution in [1.82, 2.24) is 10.2 Å². The van der Waals surface area contributed by atoms with Gasteiger partial charge in [0.05, 0.1) is 7.11 Å². The highest BCUT2D eigenvalue weighted by atomic mass is 127. The van der Waals surface area contributed by atoms with Gasteiger partial charge in [0.2, 0.25) is 0 Å². The minimum atomic E-state index is 0. The third-order valence-electron chi connectivity index (χ3n) is 4.27. The van der Waals surface area contributed by atoms with E-state index in [1.165, 1.54) is 24.3 Å². The maximum atomic E-state index is 5.33. The van der Waals surface area contributed by atoms with E-state index in [0.29, 0.717) is 0 Å². The number of thioether (sulfide) groups is 1. The maximum Gasteiger partial charge on any atom is 0.193 e. The molecule has 1 aliphatic heterocycles. The summed E-state index contributed by atoms with van der Waals surface area (Å²) in [5.74, 6) is 3.18. The quantitative estimate of drug-likeness (QED) is 0.282. The van der Waals surface area contributed by atoms with Crippen LogP contribution >= 0.6 is 35.7 Å². The Balaban J connectivity index is 0.00000312. The fourth-order valence-corrected chi connectivity index (χ4v) is 3.38. The molecule has 0 atom stereocenters. The molecule has 0 unspecified atom stereocenters. The molecule has 5 nitrogen and oxygen atoms in total. The van der Waals surface area contributed by atoms with Gasteiger partial charge in [-0.2, -0.15) is 11.8 Å². The Kier molecular flexibility index (Phi) is 11.1. The summed E-state index contributed by atoms with van der Waals surface area (Å²) in [6.45, 7) is 4.98. The summed E-state index contributed by atoms with van der Waals surface area (Å²) >= 11 is 1.91. The van der Waals surface area contributed by atoms with Crippen LogP contribution in [0.5, 0.6) is 5.75 Å². The highest BCUT2D eigenvalue weighted by Gasteiger charge is 2.19. The van der Waals surface area contributed by atoms with Crippen LogP contribution < -0.4 is 15.0 Å². The molecule has 0 aromatic heterocycles. The van der Waals surface area contributed by atoms with Crippen LogP contribution in [0.25, 0.3) is 0 Å². The number of anilines is 1. The number of hydrogen-bond acceptors (Lipinski definition) is 4. The van der Waals surface area contributed by atoms with Crippen LogP contribution in [0, 0.1) is 0 Å². The van der Waals surface area contributed by atoms with Crippen LogP contribution in [0.4, 0.5) is 5.69 Å². The number of nitrogens with one attached hydrogen (secondary N) is 1. The van der Waals surface area contributed by atoms with E-state index in [9.17, 15) is 0 Å². The summed E-state index contributed by atoms with van der Waals surface area (Å²) in [5.41, 5.74) is 1.23. The zero-order valence-electron chi connectivity index (χ0n) is 15.5. The molecule has 0 saturated carbocycles. The number of benzene rings is 1. The Labute approximate surface area is 173 Å². The molecule has 1 heterocycles. The predicted octanol–water partition coefficient (Wildman–Crippen LogP) is 3.15. The summed E-state index contributed by atoms with van der Waals surface area (Å²) in [4.78, 5) is 9.20. The number of guanidine groups is 1. The zero-order chi connectivity index (χ0) is 17.2. The molecule has 0 aliphatic carbocycles. The van der Waals surface area contributed by atoms with Crippen LogP contribution in [-0.2, 0) is 0 Å². The second-order valence-electron chi connectivity index (χ2n) is 5.85. The Hall–Kier alpha value is -0.830. The van der Waals surface area contributed by atoms with Gasteiger partial charge >= 0.3 is 0 Å². The van der Waals surface area contributed by atoms with Crippen molar-refractivity contribution in [3.63, 3.8) is 0 Å². The van der Waals surface area contributed by atoms with Crippen molar-refractivity contribution >= 4 is 47.4 Å². The molecule has 2 rings (SSSR count). The number of piperazine rings is 1. The Morgan fingerprint density at radius 2 is 2.00 bits per heavy atom. The van der Waals surface area contributed by atoms with E-state index < -0.39 is 0 Å². The summed E-state index contributed by atoms with van der Waals surface area (Å²) in [6, 6.07) is 8.30. The summed E-state index contributed by atoms with van der Waals surface area (Å²) in [5, 5.41) is 3.50. The van der Waals surface area contributed by atoms with Gasteiger partial charge in [-0.1, -0.05) is 6.07 Å². The third kappa shape index (κ3) is 7.13. The third-order valence-corrected chi connectivity index (χ3v) is 4.96. The molecular formula is C18H31IN4OS. The van der Waals surface area contributed by atoms with E-state index >= 15 is 0 Å². The molecule has 0 bridgehead atoms. The molecule has 1 aromatic carbocycles. The first-order chi connectivity index (χ1) is 11.8. The fourth-order valence-electron chi connectivity index (χ4n) is 2.89. The van der Waals surface area contributed by atoms with E-state index in [2.05, 4.69) is 44.6 Å². The Morgan fingerprint density at radius 1 is 1.24 bits per heavy atom. The second kappa shape index (κ2) is 12.5. The van der Waals surface area contributed by atoms with E-state index in [-0.39, 0.29) is 24.0 Å². The number of rotatable bonds is 7. The highest BCUT2D eigenvalue weighted by molar-refractivity contribution is 14.0. The molecule has 142 valence electrons. The van der Waals surface area contributed by atoms with Gasteiger partial charge in [-0.05, 0) is 37.0 Å². The van der Waals surface area contributed by atoms with Crippen molar-refractivity contribution in [2.24, 2.45) is 4.99 Å². The first-order valence-electron chi connectivity index (χ1n) is 8.62. The van der Waals surface area contributed by atoms with Gasteiger partial charge in [-0.15, -0.1) is 24.0 Å². The predicted molar refractivity (Wildman–Crippen MR) is 121 cm³/mol. The number of unbranched alkanes of at least 4 members (excludes halogenated alkanes) is 1. The minimum Gasteiger partial charge on any atom is -0.497 e. The van der Waals surface area contributed by atoms with Crippen LogP contribution in [0.1, 0.15) is 12.8 Å². The number of hydrogen-bond donors (Lipinski definition) is 1. The van der Waals surface area contributed by atoms with Crippen molar-refractivity contribution in [2.75, 3.05) is 63.8 Å². The van der Waals surface area contributed by atoms with Gasteiger partial charge in [0.25, 0.3) is 0 Å². The van der Waals surface area contributed by atoms with Gasteiger partial charge in [-0.3, -0.25) is 4.99 Å². The largest absolute Gasteiger partial charge is 0.497 e. The standard InChI is InChI=1S/C18H30N4OS.HI/c1-19-18(20-9-4-5-14-24-3)22-12-10-21(11-13-22)16-7-6-8-17(15-16)23-2;/h6-8,15H,4-5,9-14H2,1-3H3,(H,19,20);1H. The Bertz CT molecular complexity index is 522. The monoisotopic (exact) mass is 478 g/mol. The lowest BCUT2D eigenvalue weighted by Gasteiger charge is -2.37. The van der Waals surface area contributed by atoms with E-state index in [1.54, 1.807) is 7.11 Å². The van der Waals surface area contributed by atoms with Crippen molar-refractivity contribution in [3.05, 3.63) is 24.3 Å². The highest BCUT2D eigenvalue weighted by Crippen LogP contribution is 2.22. The molecule has 25 heavy (non-hydrogen) atoms. The van der Waals surface area contributed by atoms with Crippen molar-refractivity contribution in [3.8, 4) is 5.75 Å². The first kappa shape index (κ1) is 22.2. The van der Waals surface area contributed by atoms with Gasteiger partial charge in [0.15, 0.2) is 5.96 Å². The normalized spacial score (nSPS) is 14.9. The average molecular weight is 478 g/mol. The molecule has 1 N–H and O–H groups in total. The molecule has 1 saturated heterocycles. The molecule has 1 aromatic rings. The number of aliphatic imine (C=N–C) groups is 1. The molecule has 1 aliphatic rings. The lowest BCUT2D eigenvalue weighted by molar-refractivity contribution is 0.372. The zero-order valence-corrected chi connectivity index (χ0v) is 18.7. The fraction of sp³-hybridized carbons (Fsp3) is 0.611. The van der Waals surface area contributed by atoms with Gasteiger partial charge < -0.3 is 19.9 Å². The molecule has 7 heteroatoms. The van der Waals surface area contributed by atoms with Crippen LogP contribution in [0.15, 0.2) is 29.3 Å². The number of methoxy groups -OCH3 is 1. The van der Waals surface area contributed by atoms with Crippen LogP contribution in [0.2, 0.25) is 0 Å². The molecule has 0 spiro atoms. The van der Waals surface area contributed by atoms with E-state index in [1.807, 2.05) is 24.9 Å². The lowest BCUT2D eigenvalue weighted by atomic mass is 10.2. The SMILES string of the molecule is CN=C(NCCCCSC)N1CCN(c2cccc(OC)c2)CC1.I. The second-order valence-corrected chi connectivity index (χ2v) is 6.84. The van der Waals surface area contributed by atoms with Crippen molar-refractivity contribution in [1.29, 1.82) is 0 Å². The van der Waals surface area contributed by atoms with Crippen molar-refractivity contribution in [2.45, 2.75) is 12.8 Å². The molecule has 1 fully saturated rings. The van der Waals surface area contributed by atoms with Gasteiger partial charge in [-0.25, -0.2) is 0 Å². The van der Waals surface area contributed by atoms with E-state index in [0.717, 1.165) is 44.4 Å². The summed E-state index contributed by atoms with van der Waals surface area (Å²) in [7, 11) is 3.59. The van der Waals surface area contributed by atoms with Crippen LogP contribution in [0.3, 0.4) is 0 Å². The minimum absolute atomic E-state index is 0. The molecular weight excluding hydrogens is 447 g/mol. The maximum absolute atomic E-state index is 5.33. The van der Waals surface area contributed by atoms with Gasteiger partial charge in [0, 0.05) is 51.5 Å². The Morgan fingerprint density at radius 3 is 2.64 bits per heavy atom. The number of nitrogens with zero attached hydrogens (tertiary/aromatic N) is 3. The number of halogens is 1. The summed E-state index contributed by atoms with van der Waals surface area (Å²) in [6.07, 6.45) is 4.62. The van der Waals surface area contributed by atoms with Gasteiger partial charge in [0.1, 0.15) is 5.75 Å². The molecule has 0 radical (unpaired) electrons. The molecule has 0 amide bonds. The first-order valence-corrected chi connectivity index (χ1v) is 10.0. The average Bonchev–Trinajstić information content (AvgIpc) is 2.65. The van der Waals surface area contributed by atoms with Crippen molar-refractivity contribution < 1.29 is 4.74 Å². The summed E-state index contributed by atoms with van der Waals surface area (Å²) < 4.78 is 5.33. The van der Waals surface area contributed by atoms with Crippen LogP contribution in [-0.4, -0.2) is 69.7 Å². The topological polar surface area (TPSA) is 40.1 Å².